The summed E-state index contributed by atoms with van der Waals surface area (Å²) in [6.07, 6.45) is -0.409. The van der Waals surface area contributed by atoms with Crippen molar-refractivity contribution in [3.8, 4) is 0 Å². The van der Waals surface area contributed by atoms with E-state index in [1.54, 1.807) is 0 Å². The van der Waals surface area contributed by atoms with Gasteiger partial charge in [-0.3, -0.25) is 0 Å². The molecule has 1 radical (unpaired) electrons. The van der Waals surface area contributed by atoms with E-state index in [1.807, 2.05) is 0 Å². The summed E-state index contributed by atoms with van der Waals surface area (Å²) in [7, 11) is -4.37. The molecule has 8 heteroatoms. The fraction of sp³-hybridized carbons (Fsp3) is 0.750. The molecule has 1 atom stereocenters. The minimum atomic E-state index is -4.37. The van der Waals surface area contributed by atoms with Crippen LogP contribution in [0.15, 0.2) is 0 Å². The van der Waals surface area contributed by atoms with Crippen LogP contribution in [0, 0.1) is 0 Å². The molecular weight excluding hydrogens is 238 g/mol. The Kier molecular flexibility index (Phi) is 6.59. The topological polar surface area (TPSA) is 123 Å². The van der Waals surface area contributed by atoms with E-state index in [1.165, 1.54) is 0 Å². The number of carbonyl (C=O) groups excluding carboxylic acids is 1. The molecule has 0 rings (SSSR count). The zero-order chi connectivity index (χ0) is 9.07. The third kappa shape index (κ3) is 7.96. The zero-order valence-corrected chi connectivity index (χ0v) is 7.58. The molecule has 0 heterocycles. The first-order valence-corrected chi connectivity index (χ1v) is 4.30. The Morgan fingerprint density at radius 3 is 2.17 bits per heavy atom. The van der Waals surface area contributed by atoms with Gasteiger partial charge in [-0.15, -0.1) is 0 Å². The molecule has 2 N–H and O–H groups in total. The van der Waals surface area contributed by atoms with Gasteiger partial charge in [0.1, 0.15) is 0 Å². The van der Waals surface area contributed by atoms with Crippen molar-refractivity contribution in [1.29, 1.82) is 0 Å². The molecule has 0 aliphatic carbocycles. The SMILES string of the molecule is N[C@@H](CCS(=O)(=O)[O-])C(=O)[O-].[Cu+2]. The van der Waals surface area contributed by atoms with E-state index in [0.717, 1.165) is 0 Å². The largest absolute Gasteiger partial charge is 2.00 e. The molecule has 75 valence electrons. The molecule has 0 aromatic carbocycles. The third-order valence-electron chi connectivity index (χ3n) is 0.982. The molecule has 0 saturated carbocycles. The molecule has 0 spiro atoms. The van der Waals surface area contributed by atoms with E-state index in [2.05, 4.69) is 0 Å². The standard InChI is InChI=1S/C4H9NO5S.Cu/c5-3(4(6)7)1-2-11(8,9)10;/h3H,1-2,5H2,(H,6,7)(H,8,9,10);/q;+2/p-2/t3-;/m0./s1. The maximum Gasteiger partial charge on any atom is 2.00 e. The summed E-state index contributed by atoms with van der Waals surface area (Å²) in [5.74, 6) is -2.34. The van der Waals surface area contributed by atoms with E-state index < -0.39 is 34.3 Å². The van der Waals surface area contributed by atoms with Crippen molar-refractivity contribution in [3.05, 3.63) is 0 Å². The number of hydrogen-bond donors (Lipinski definition) is 1. The maximum absolute atomic E-state index is 9.93. The summed E-state index contributed by atoms with van der Waals surface area (Å²) in [6, 6.07) is -1.39. The Morgan fingerprint density at radius 2 is 1.92 bits per heavy atom. The van der Waals surface area contributed by atoms with Crippen LogP contribution in [0.5, 0.6) is 0 Å². The van der Waals surface area contributed by atoms with Crippen LogP contribution in [-0.4, -0.2) is 30.7 Å². The Hall–Kier alpha value is -0.141. The molecule has 0 aromatic rings. The average molecular weight is 245 g/mol. The van der Waals surface area contributed by atoms with E-state index in [-0.39, 0.29) is 17.1 Å². The van der Waals surface area contributed by atoms with Crippen molar-refractivity contribution in [2.75, 3.05) is 5.75 Å². The zero-order valence-electron chi connectivity index (χ0n) is 5.82. The van der Waals surface area contributed by atoms with Gasteiger partial charge in [-0.2, -0.15) is 0 Å². The minimum absolute atomic E-state index is 0. The van der Waals surface area contributed by atoms with Gasteiger partial charge in [0.15, 0.2) is 0 Å². The van der Waals surface area contributed by atoms with Crippen molar-refractivity contribution in [2.24, 2.45) is 5.73 Å². The number of rotatable bonds is 4. The van der Waals surface area contributed by atoms with Gasteiger partial charge in [-0.05, 0) is 6.42 Å². The fourth-order valence-electron chi connectivity index (χ4n) is 0.389. The van der Waals surface area contributed by atoms with Gasteiger partial charge in [-0.1, -0.05) is 0 Å². The van der Waals surface area contributed by atoms with Crippen LogP contribution < -0.4 is 10.8 Å². The Bertz CT molecular complexity index is 238. The molecule has 0 saturated heterocycles. The van der Waals surface area contributed by atoms with Gasteiger partial charge in [0.25, 0.3) is 0 Å². The van der Waals surface area contributed by atoms with Gasteiger partial charge in [0, 0.05) is 11.8 Å². The number of carbonyl (C=O) groups is 1. The second kappa shape index (κ2) is 5.50. The average Bonchev–Trinajstić information content (AvgIpc) is 1.80. The van der Waals surface area contributed by atoms with E-state index in [4.69, 9.17) is 5.73 Å². The van der Waals surface area contributed by atoms with Crippen LogP contribution in [0.3, 0.4) is 0 Å². The Morgan fingerprint density at radius 1 is 1.50 bits per heavy atom. The van der Waals surface area contributed by atoms with Crippen molar-refractivity contribution in [1.82, 2.24) is 0 Å². The summed E-state index contributed by atoms with van der Waals surface area (Å²) in [6.45, 7) is 0. The Balaban J connectivity index is 0. The molecule has 0 unspecified atom stereocenters. The number of aliphatic carboxylic acids is 1. The number of hydrogen-bond acceptors (Lipinski definition) is 6. The second-order valence-corrected chi connectivity index (χ2v) is 3.50. The first-order valence-electron chi connectivity index (χ1n) is 2.73. The molecule has 0 aliphatic heterocycles. The van der Waals surface area contributed by atoms with Crippen molar-refractivity contribution in [2.45, 2.75) is 12.5 Å². The van der Waals surface area contributed by atoms with Crippen LogP contribution in [0.25, 0.3) is 0 Å². The maximum atomic E-state index is 9.93. The van der Waals surface area contributed by atoms with E-state index in [9.17, 15) is 22.9 Å². The predicted molar refractivity (Wildman–Crippen MR) is 32.2 cm³/mol. The first-order chi connectivity index (χ1) is 4.83. The molecule has 12 heavy (non-hydrogen) atoms. The fourth-order valence-corrected chi connectivity index (χ4v) is 0.932. The molecular formula is C4H7CuNO5S. The van der Waals surface area contributed by atoms with Gasteiger partial charge in [0.05, 0.1) is 16.1 Å². The summed E-state index contributed by atoms with van der Waals surface area (Å²) >= 11 is 0. The molecule has 0 aromatic heterocycles. The molecule has 0 bridgehead atoms. The van der Waals surface area contributed by atoms with Crippen LogP contribution in [0.4, 0.5) is 0 Å². The summed E-state index contributed by atoms with van der Waals surface area (Å²) in [5.41, 5.74) is 4.86. The smallest absolute Gasteiger partial charge is 0.748 e. The quantitative estimate of drug-likeness (QED) is 0.415. The number of carboxylic acid groups (broad SMARTS) is 1. The predicted octanol–water partition coefficient (Wildman–Crippen LogP) is -3.00. The van der Waals surface area contributed by atoms with E-state index >= 15 is 0 Å². The summed E-state index contributed by atoms with van der Waals surface area (Å²) < 4.78 is 29.8. The first kappa shape index (κ1) is 14.4. The summed E-state index contributed by atoms with van der Waals surface area (Å²) in [5, 5.41) is 9.88. The van der Waals surface area contributed by atoms with E-state index in [0.29, 0.717) is 0 Å². The minimum Gasteiger partial charge on any atom is -0.748 e. The molecule has 0 amide bonds. The van der Waals surface area contributed by atoms with Crippen molar-refractivity contribution in [3.63, 3.8) is 0 Å². The molecule has 0 aliphatic rings. The third-order valence-corrected chi connectivity index (χ3v) is 1.72. The summed E-state index contributed by atoms with van der Waals surface area (Å²) in [4.78, 5) is 9.88. The van der Waals surface area contributed by atoms with Crippen molar-refractivity contribution >= 4 is 16.1 Å². The normalized spacial score (nSPS) is 13.2. The second-order valence-electron chi connectivity index (χ2n) is 1.98. The van der Waals surface area contributed by atoms with Gasteiger partial charge >= 0.3 is 17.1 Å². The van der Waals surface area contributed by atoms with Crippen LogP contribution in [-0.2, 0) is 32.0 Å². The van der Waals surface area contributed by atoms with Crippen LogP contribution in [0.2, 0.25) is 0 Å². The van der Waals surface area contributed by atoms with Crippen LogP contribution in [0.1, 0.15) is 6.42 Å². The van der Waals surface area contributed by atoms with Crippen molar-refractivity contribution < 1.29 is 39.9 Å². The molecule has 0 fully saturated rings. The molecule has 6 nitrogen and oxygen atoms in total. The van der Waals surface area contributed by atoms with Crippen LogP contribution >= 0.6 is 0 Å². The number of nitrogens with two attached hydrogens (primary N) is 1. The van der Waals surface area contributed by atoms with Gasteiger partial charge in [-0.25, -0.2) is 8.42 Å². The van der Waals surface area contributed by atoms with Gasteiger partial charge in [0.2, 0.25) is 0 Å². The Labute approximate surface area is 80.4 Å². The monoisotopic (exact) mass is 244 g/mol. The van der Waals surface area contributed by atoms with Gasteiger partial charge < -0.3 is 20.2 Å². The number of carboxylic acids is 1.